The lowest BCUT2D eigenvalue weighted by molar-refractivity contribution is -0.0501. The largest absolute Gasteiger partial charge is 0.434 e. The first-order valence-electron chi connectivity index (χ1n) is 7.36. The molecule has 2 aromatic carbocycles. The van der Waals surface area contributed by atoms with Crippen LogP contribution in [0.3, 0.4) is 0 Å². The van der Waals surface area contributed by atoms with Crippen LogP contribution in [0.25, 0.3) is 5.69 Å². The monoisotopic (exact) mass is 377 g/mol. The van der Waals surface area contributed by atoms with Crippen molar-refractivity contribution in [2.24, 2.45) is 0 Å². The molecule has 0 atom stereocenters. The number of amides is 1. The maximum atomic E-state index is 12.5. The first-order valence-corrected chi connectivity index (χ1v) is 8.59. The van der Waals surface area contributed by atoms with Crippen LogP contribution in [0.2, 0.25) is 0 Å². The third kappa shape index (κ3) is 3.97. The topological polar surface area (TPSA) is 81.9 Å². The van der Waals surface area contributed by atoms with Gasteiger partial charge in [0.05, 0.1) is 11.3 Å². The number of tetrazole rings is 1. The van der Waals surface area contributed by atoms with E-state index in [-0.39, 0.29) is 11.3 Å². The summed E-state index contributed by atoms with van der Waals surface area (Å²) >= 11 is 1.37. The molecule has 0 bridgehead atoms. The van der Waals surface area contributed by atoms with Crippen molar-refractivity contribution in [2.75, 3.05) is 11.6 Å². The number of carbonyl (C=O) groups excluding carboxylic acids is 1. The van der Waals surface area contributed by atoms with Gasteiger partial charge in [0.25, 0.3) is 5.91 Å². The van der Waals surface area contributed by atoms with Crippen molar-refractivity contribution < 1.29 is 18.3 Å². The van der Waals surface area contributed by atoms with E-state index >= 15 is 0 Å². The molecule has 0 radical (unpaired) electrons. The van der Waals surface area contributed by atoms with Gasteiger partial charge in [0.1, 0.15) is 5.75 Å². The quantitative estimate of drug-likeness (QED) is 0.664. The third-order valence-corrected chi connectivity index (χ3v) is 3.94. The lowest BCUT2D eigenvalue weighted by atomic mass is 10.2. The molecule has 1 N–H and O–H groups in total. The van der Waals surface area contributed by atoms with E-state index in [1.165, 1.54) is 34.6 Å². The second-order valence-corrected chi connectivity index (χ2v) is 5.73. The number of hydrogen-bond acceptors (Lipinski definition) is 6. The van der Waals surface area contributed by atoms with Crippen LogP contribution >= 0.6 is 11.8 Å². The van der Waals surface area contributed by atoms with Crippen molar-refractivity contribution in [3.63, 3.8) is 0 Å². The zero-order valence-electron chi connectivity index (χ0n) is 13.5. The van der Waals surface area contributed by atoms with Crippen molar-refractivity contribution in [1.82, 2.24) is 20.2 Å². The Kier molecular flexibility index (Phi) is 5.42. The Balaban J connectivity index is 1.84. The normalized spacial score (nSPS) is 10.8. The Hall–Kier alpha value is -3.01. The number of ether oxygens (including phenoxy) is 1. The van der Waals surface area contributed by atoms with E-state index in [9.17, 15) is 13.6 Å². The molecule has 0 aliphatic heterocycles. The number of hydrogen-bond donors (Lipinski definition) is 1. The molecule has 134 valence electrons. The van der Waals surface area contributed by atoms with Gasteiger partial charge in [-0.3, -0.25) is 4.79 Å². The van der Waals surface area contributed by atoms with Crippen LogP contribution in [-0.2, 0) is 0 Å². The van der Waals surface area contributed by atoms with Crippen LogP contribution in [0, 0.1) is 0 Å². The first kappa shape index (κ1) is 17.8. The Morgan fingerprint density at radius 1 is 1.23 bits per heavy atom. The van der Waals surface area contributed by atoms with Crippen molar-refractivity contribution in [2.45, 2.75) is 11.8 Å². The van der Waals surface area contributed by atoms with Crippen LogP contribution in [0.5, 0.6) is 5.75 Å². The number of nitrogens with one attached hydrogen (secondary N) is 1. The Bertz CT molecular complexity index is 919. The zero-order valence-corrected chi connectivity index (χ0v) is 14.3. The zero-order chi connectivity index (χ0) is 18.5. The minimum Gasteiger partial charge on any atom is -0.434 e. The van der Waals surface area contributed by atoms with Gasteiger partial charge in [-0.05, 0) is 47.0 Å². The molecule has 1 aromatic heterocycles. The molecule has 3 rings (SSSR count). The summed E-state index contributed by atoms with van der Waals surface area (Å²) in [6, 6.07) is 12.6. The number of carbonyl (C=O) groups is 1. The molecular formula is C16H13F2N5O2S. The lowest BCUT2D eigenvalue weighted by Crippen LogP contribution is -2.15. The summed E-state index contributed by atoms with van der Waals surface area (Å²) in [6.07, 6.45) is 1.84. The summed E-state index contributed by atoms with van der Waals surface area (Å²) in [5, 5.41) is 14.6. The Labute approximate surface area is 151 Å². The maximum Gasteiger partial charge on any atom is 0.387 e. The van der Waals surface area contributed by atoms with E-state index in [1.807, 2.05) is 6.26 Å². The van der Waals surface area contributed by atoms with Crippen LogP contribution in [-0.4, -0.2) is 39.0 Å². The van der Waals surface area contributed by atoms with Crippen LogP contribution in [0.4, 0.5) is 14.5 Å². The molecule has 0 fully saturated rings. The van der Waals surface area contributed by atoms with E-state index in [2.05, 4.69) is 25.6 Å². The third-order valence-electron chi connectivity index (χ3n) is 3.32. The first-order chi connectivity index (χ1) is 12.6. The maximum absolute atomic E-state index is 12.5. The summed E-state index contributed by atoms with van der Waals surface area (Å²) in [5.74, 6) is -0.762. The predicted octanol–water partition coefficient (Wildman–Crippen LogP) is 3.24. The molecule has 0 aliphatic rings. The molecule has 3 aromatic rings. The summed E-state index contributed by atoms with van der Waals surface area (Å²) in [7, 11) is 0. The van der Waals surface area contributed by atoms with Gasteiger partial charge in [0.15, 0.2) is 0 Å². The SMILES string of the molecule is CSc1nnnn1-c1cccc(NC(=O)c2ccccc2OC(F)F)c1. The number of aromatic nitrogens is 4. The molecule has 10 heteroatoms. The van der Waals surface area contributed by atoms with Gasteiger partial charge in [-0.25, -0.2) is 0 Å². The summed E-state index contributed by atoms with van der Waals surface area (Å²) in [6.45, 7) is -3.02. The van der Waals surface area contributed by atoms with Crippen molar-refractivity contribution in [3.8, 4) is 11.4 Å². The predicted molar refractivity (Wildman–Crippen MR) is 92.0 cm³/mol. The average Bonchev–Trinajstić information content (AvgIpc) is 3.10. The molecule has 0 unspecified atom stereocenters. The lowest BCUT2D eigenvalue weighted by Gasteiger charge is -2.11. The molecule has 7 nitrogen and oxygen atoms in total. The number of anilines is 1. The highest BCUT2D eigenvalue weighted by Gasteiger charge is 2.16. The van der Waals surface area contributed by atoms with Gasteiger partial charge in [-0.2, -0.15) is 13.5 Å². The fourth-order valence-electron chi connectivity index (χ4n) is 2.24. The van der Waals surface area contributed by atoms with E-state index in [0.29, 0.717) is 16.5 Å². The fraction of sp³-hybridized carbons (Fsp3) is 0.125. The Morgan fingerprint density at radius 3 is 2.81 bits per heavy atom. The molecule has 0 saturated carbocycles. The highest BCUT2D eigenvalue weighted by Crippen LogP contribution is 2.23. The number of para-hydroxylation sites is 1. The fourth-order valence-corrected chi connectivity index (χ4v) is 2.67. The molecule has 1 amide bonds. The number of thioether (sulfide) groups is 1. The van der Waals surface area contributed by atoms with Gasteiger partial charge in [-0.1, -0.05) is 30.0 Å². The van der Waals surface area contributed by atoms with Gasteiger partial charge in [0, 0.05) is 5.69 Å². The number of rotatable bonds is 6. The highest BCUT2D eigenvalue weighted by molar-refractivity contribution is 7.98. The van der Waals surface area contributed by atoms with E-state index in [0.717, 1.165) is 0 Å². The minimum atomic E-state index is -3.02. The average molecular weight is 377 g/mol. The smallest absolute Gasteiger partial charge is 0.387 e. The minimum absolute atomic E-state index is 0.00503. The second-order valence-electron chi connectivity index (χ2n) is 4.96. The van der Waals surface area contributed by atoms with Crippen molar-refractivity contribution >= 4 is 23.4 Å². The summed E-state index contributed by atoms with van der Waals surface area (Å²) < 4.78 is 30.9. The Morgan fingerprint density at radius 2 is 2.04 bits per heavy atom. The van der Waals surface area contributed by atoms with E-state index < -0.39 is 12.5 Å². The van der Waals surface area contributed by atoms with Gasteiger partial charge >= 0.3 is 6.61 Å². The standard InChI is InChI=1S/C16H13F2N5O2S/c1-26-16-20-21-22-23(16)11-6-4-5-10(9-11)19-14(24)12-7-2-3-8-13(12)25-15(17)18/h2-9,15H,1H3,(H,19,24). The summed E-state index contributed by atoms with van der Waals surface area (Å²) in [5.41, 5.74) is 1.11. The van der Waals surface area contributed by atoms with Gasteiger partial charge in [0.2, 0.25) is 5.16 Å². The molecule has 0 spiro atoms. The molecule has 1 heterocycles. The second kappa shape index (κ2) is 7.91. The van der Waals surface area contributed by atoms with Gasteiger partial charge in [-0.15, -0.1) is 5.10 Å². The number of nitrogens with zero attached hydrogens (tertiary/aromatic N) is 4. The van der Waals surface area contributed by atoms with Gasteiger partial charge < -0.3 is 10.1 Å². The number of benzene rings is 2. The molecule has 26 heavy (non-hydrogen) atoms. The van der Waals surface area contributed by atoms with Crippen molar-refractivity contribution in [1.29, 1.82) is 0 Å². The molecule has 0 aliphatic carbocycles. The number of alkyl halides is 2. The number of halogens is 2. The highest BCUT2D eigenvalue weighted by atomic mass is 32.2. The van der Waals surface area contributed by atoms with E-state index in [4.69, 9.17) is 0 Å². The van der Waals surface area contributed by atoms with Crippen LogP contribution < -0.4 is 10.1 Å². The van der Waals surface area contributed by atoms with Crippen molar-refractivity contribution in [3.05, 3.63) is 54.1 Å². The summed E-state index contributed by atoms with van der Waals surface area (Å²) in [4.78, 5) is 12.5. The van der Waals surface area contributed by atoms with Crippen LogP contribution in [0.1, 0.15) is 10.4 Å². The van der Waals surface area contributed by atoms with E-state index in [1.54, 1.807) is 30.3 Å². The molecule has 0 saturated heterocycles. The molecular weight excluding hydrogens is 364 g/mol. The van der Waals surface area contributed by atoms with Crippen LogP contribution in [0.15, 0.2) is 53.7 Å².